The van der Waals surface area contributed by atoms with Crippen LogP contribution in [0.1, 0.15) is 18.4 Å². The van der Waals surface area contributed by atoms with Crippen LogP contribution in [0.4, 0.5) is 0 Å². The van der Waals surface area contributed by atoms with Crippen molar-refractivity contribution in [2.45, 2.75) is 25.5 Å². The fraction of sp³-hybridized carbons (Fsp3) is 0.533. The number of amides is 1. The number of β-amino-alcohol motifs (C(OH)–C–C–N with tert-alkyl or cyclic N) is 1. The van der Waals surface area contributed by atoms with Crippen LogP contribution in [0.25, 0.3) is 0 Å². The molecule has 4 nitrogen and oxygen atoms in total. The molecule has 1 aliphatic heterocycles. The van der Waals surface area contributed by atoms with Gasteiger partial charge in [-0.3, -0.25) is 9.69 Å². The molecule has 20 heavy (non-hydrogen) atoms. The van der Waals surface area contributed by atoms with Crippen molar-refractivity contribution in [1.82, 2.24) is 9.80 Å². The lowest BCUT2D eigenvalue weighted by molar-refractivity contribution is -0.129. The third-order valence-electron chi connectivity index (χ3n) is 3.52. The molecule has 1 aromatic carbocycles. The number of hydrogen-bond donors (Lipinski definition) is 1. The molecule has 0 aromatic heterocycles. The van der Waals surface area contributed by atoms with Gasteiger partial charge in [0.05, 0.1) is 6.10 Å². The van der Waals surface area contributed by atoms with Crippen molar-refractivity contribution >= 4 is 17.5 Å². The number of aliphatic hydroxyl groups excluding tert-OH is 1. The van der Waals surface area contributed by atoms with Crippen molar-refractivity contribution in [3.63, 3.8) is 0 Å². The van der Waals surface area contributed by atoms with E-state index in [0.29, 0.717) is 26.1 Å². The minimum atomic E-state index is -0.524. The highest BCUT2D eigenvalue weighted by molar-refractivity contribution is 6.31. The van der Waals surface area contributed by atoms with E-state index in [1.54, 1.807) is 4.90 Å². The van der Waals surface area contributed by atoms with E-state index >= 15 is 0 Å². The fourth-order valence-corrected chi connectivity index (χ4v) is 2.75. The van der Waals surface area contributed by atoms with Gasteiger partial charge in [0, 0.05) is 37.6 Å². The van der Waals surface area contributed by atoms with E-state index in [1.807, 2.05) is 36.2 Å². The molecular formula is C15H21ClN2O2. The summed E-state index contributed by atoms with van der Waals surface area (Å²) in [6.45, 7) is 2.40. The van der Waals surface area contributed by atoms with E-state index in [0.717, 1.165) is 23.6 Å². The Kier molecular flexibility index (Phi) is 5.40. The van der Waals surface area contributed by atoms with Crippen LogP contribution in [0.15, 0.2) is 24.3 Å². The summed E-state index contributed by atoms with van der Waals surface area (Å²) in [6, 6.07) is 7.70. The highest BCUT2D eigenvalue weighted by Crippen LogP contribution is 2.16. The SMILES string of the molecule is CN(Cc1ccccc1Cl)CC(O)CN1CCCC1=O. The third kappa shape index (κ3) is 4.20. The van der Waals surface area contributed by atoms with Crippen LogP contribution in [0.2, 0.25) is 5.02 Å². The smallest absolute Gasteiger partial charge is 0.222 e. The first-order valence-electron chi connectivity index (χ1n) is 6.94. The van der Waals surface area contributed by atoms with Gasteiger partial charge < -0.3 is 10.0 Å². The summed E-state index contributed by atoms with van der Waals surface area (Å²) >= 11 is 6.12. The number of benzene rings is 1. The number of rotatable bonds is 6. The summed E-state index contributed by atoms with van der Waals surface area (Å²) < 4.78 is 0. The highest BCUT2D eigenvalue weighted by Gasteiger charge is 2.23. The zero-order valence-corrected chi connectivity index (χ0v) is 12.5. The van der Waals surface area contributed by atoms with Crippen LogP contribution in [0, 0.1) is 0 Å². The number of likely N-dealkylation sites (N-methyl/N-ethyl adjacent to an activating group) is 1. The second-order valence-corrected chi connectivity index (χ2v) is 5.79. The van der Waals surface area contributed by atoms with Gasteiger partial charge in [-0.1, -0.05) is 29.8 Å². The molecular weight excluding hydrogens is 276 g/mol. The number of aliphatic hydroxyl groups is 1. The minimum absolute atomic E-state index is 0.151. The molecule has 1 amide bonds. The second-order valence-electron chi connectivity index (χ2n) is 5.39. The molecule has 1 unspecified atom stereocenters. The molecule has 0 aliphatic carbocycles. The van der Waals surface area contributed by atoms with Gasteiger partial charge in [-0.2, -0.15) is 0 Å². The first-order chi connectivity index (χ1) is 9.56. The Hall–Kier alpha value is -1.10. The molecule has 1 aromatic rings. The van der Waals surface area contributed by atoms with Crippen molar-refractivity contribution in [1.29, 1.82) is 0 Å². The first-order valence-corrected chi connectivity index (χ1v) is 7.32. The average molecular weight is 297 g/mol. The van der Waals surface area contributed by atoms with Crippen molar-refractivity contribution in [2.24, 2.45) is 0 Å². The Balaban J connectivity index is 1.80. The number of likely N-dealkylation sites (tertiary alicyclic amines) is 1. The topological polar surface area (TPSA) is 43.8 Å². The van der Waals surface area contributed by atoms with Gasteiger partial charge in [0.2, 0.25) is 5.91 Å². The molecule has 1 N–H and O–H groups in total. The van der Waals surface area contributed by atoms with E-state index in [2.05, 4.69) is 0 Å². The molecule has 1 saturated heterocycles. The van der Waals surface area contributed by atoms with Gasteiger partial charge in [-0.05, 0) is 25.1 Å². The Labute approximate surface area is 124 Å². The summed E-state index contributed by atoms with van der Waals surface area (Å²) in [5, 5.41) is 10.8. The van der Waals surface area contributed by atoms with Gasteiger partial charge in [-0.25, -0.2) is 0 Å². The van der Waals surface area contributed by atoms with Gasteiger partial charge >= 0.3 is 0 Å². The van der Waals surface area contributed by atoms with E-state index in [-0.39, 0.29) is 5.91 Å². The monoisotopic (exact) mass is 296 g/mol. The molecule has 1 heterocycles. The van der Waals surface area contributed by atoms with Crippen LogP contribution in [0.5, 0.6) is 0 Å². The maximum atomic E-state index is 11.5. The maximum absolute atomic E-state index is 11.5. The van der Waals surface area contributed by atoms with Crippen molar-refractivity contribution < 1.29 is 9.90 Å². The van der Waals surface area contributed by atoms with Crippen LogP contribution in [-0.4, -0.2) is 53.6 Å². The van der Waals surface area contributed by atoms with E-state index < -0.39 is 6.10 Å². The largest absolute Gasteiger partial charge is 0.390 e. The van der Waals surface area contributed by atoms with Gasteiger partial charge in [0.15, 0.2) is 0 Å². The minimum Gasteiger partial charge on any atom is -0.390 e. The molecule has 5 heteroatoms. The molecule has 0 radical (unpaired) electrons. The van der Waals surface area contributed by atoms with Gasteiger partial charge in [0.25, 0.3) is 0 Å². The summed E-state index contributed by atoms with van der Waals surface area (Å²) in [6.07, 6.45) is 0.993. The van der Waals surface area contributed by atoms with Crippen molar-refractivity contribution in [3.8, 4) is 0 Å². The van der Waals surface area contributed by atoms with Crippen LogP contribution >= 0.6 is 11.6 Å². The predicted octanol–water partition coefficient (Wildman–Crippen LogP) is 1.76. The van der Waals surface area contributed by atoms with Crippen LogP contribution in [0.3, 0.4) is 0 Å². The maximum Gasteiger partial charge on any atom is 0.222 e. The number of halogens is 1. The standard InChI is InChI=1S/C15H21ClN2O2/c1-17(9-12-5-2-3-6-14(12)16)10-13(19)11-18-8-4-7-15(18)20/h2-3,5-6,13,19H,4,7-11H2,1H3. The van der Waals surface area contributed by atoms with Gasteiger partial charge in [-0.15, -0.1) is 0 Å². The third-order valence-corrected chi connectivity index (χ3v) is 3.89. The van der Waals surface area contributed by atoms with Crippen molar-refractivity contribution in [2.75, 3.05) is 26.7 Å². The number of carbonyl (C=O) groups is 1. The molecule has 1 atom stereocenters. The number of carbonyl (C=O) groups excluding carboxylic acids is 1. The lowest BCUT2D eigenvalue weighted by Crippen LogP contribution is -2.39. The summed E-state index contributed by atoms with van der Waals surface area (Å²) in [5.74, 6) is 0.151. The molecule has 2 rings (SSSR count). The number of nitrogens with zero attached hydrogens (tertiary/aromatic N) is 2. The zero-order valence-electron chi connectivity index (χ0n) is 11.8. The van der Waals surface area contributed by atoms with Crippen LogP contribution in [-0.2, 0) is 11.3 Å². The van der Waals surface area contributed by atoms with E-state index in [4.69, 9.17) is 11.6 Å². The lowest BCUT2D eigenvalue weighted by atomic mass is 10.2. The fourth-order valence-electron chi connectivity index (χ4n) is 2.55. The van der Waals surface area contributed by atoms with E-state index in [9.17, 15) is 9.90 Å². The molecule has 1 aliphatic rings. The van der Waals surface area contributed by atoms with Crippen molar-refractivity contribution in [3.05, 3.63) is 34.9 Å². The second kappa shape index (κ2) is 7.07. The first kappa shape index (κ1) is 15.3. The average Bonchev–Trinajstić information content (AvgIpc) is 2.77. The Bertz CT molecular complexity index is 467. The summed E-state index contributed by atoms with van der Waals surface area (Å²) in [7, 11) is 1.94. The summed E-state index contributed by atoms with van der Waals surface area (Å²) in [5.41, 5.74) is 1.04. The molecule has 0 bridgehead atoms. The Morgan fingerprint density at radius 2 is 2.20 bits per heavy atom. The quantitative estimate of drug-likeness (QED) is 0.870. The molecule has 110 valence electrons. The Morgan fingerprint density at radius 1 is 1.45 bits per heavy atom. The molecule has 0 spiro atoms. The van der Waals surface area contributed by atoms with Gasteiger partial charge in [0.1, 0.15) is 0 Å². The summed E-state index contributed by atoms with van der Waals surface area (Å²) in [4.78, 5) is 15.3. The lowest BCUT2D eigenvalue weighted by Gasteiger charge is -2.24. The van der Waals surface area contributed by atoms with E-state index in [1.165, 1.54) is 0 Å². The predicted molar refractivity (Wildman–Crippen MR) is 79.6 cm³/mol. The number of hydrogen-bond acceptors (Lipinski definition) is 3. The zero-order chi connectivity index (χ0) is 14.5. The normalized spacial score (nSPS) is 17.0. The highest BCUT2D eigenvalue weighted by atomic mass is 35.5. The molecule has 1 fully saturated rings. The molecule has 0 saturated carbocycles. The van der Waals surface area contributed by atoms with Crippen LogP contribution < -0.4 is 0 Å². The Morgan fingerprint density at radius 3 is 2.85 bits per heavy atom.